The maximum atomic E-state index is 12.2. The van der Waals surface area contributed by atoms with Crippen molar-refractivity contribution in [3.8, 4) is 0 Å². The van der Waals surface area contributed by atoms with Gasteiger partial charge in [0, 0.05) is 19.0 Å². The van der Waals surface area contributed by atoms with Gasteiger partial charge in [-0.15, -0.1) is 0 Å². The number of ether oxygens (including phenoxy) is 3. The van der Waals surface area contributed by atoms with E-state index < -0.39 is 0 Å². The Hall–Kier alpha value is -0.650. The smallest absolute Gasteiger partial charge is 0.248 e. The molecule has 1 saturated carbocycles. The van der Waals surface area contributed by atoms with Crippen molar-refractivity contribution in [3.05, 3.63) is 0 Å². The fourth-order valence-electron chi connectivity index (χ4n) is 3.58. The van der Waals surface area contributed by atoms with E-state index in [9.17, 15) is 4.79 Å². The highest BCUT2D eigenvalue weighted by Crippen LogP contribution is 2.26. The van der Waals surface area contributed by atoms with Crippen LogP contribution in [0.1, 0.15) is 44.9 Å². The second kappa shape index (κ2) is 7.56. The Balaban J connectivity index is 1.36. The number of piperidine rings is 1. The molecule has 21 heavy (non-hydrogen) atoms. The highest BCUT2D eigenvalue weighted by molar-refractivity contribution is 5.77. The first-order valence-electron chi connectivity index (χ1n) is 8.45. The third kappa shape index (κ3) is 4.18. The van der Waals surface area contributed by atoms with Crippen molar-refractivity contribution in [2.75, 3.05) is 32.9 Å². The lowest BCUT2D eigenvalue weighted by molar-refractivity contribution is -0.143. The van der Waals surface area contributed by atoms with Crippen LogP contribution in [-0.4, -0.2) is 56.1 Å². The van der Waals surface area contributed by atoms with E-state index in [1.165, 1.54) is 19.3 Å². The lowest BCUT2D eigenvalue weighted by Crippen LogP contribution is -2.43. The van der Waals surface area contributed by atoms with Crippen molar-refractivity contribution in [1.82, 2.24) is 4.90 Å². The molecule has 1 aliphatic carbocycles. The van der Waals surface area contributed by atoms with Gasteiger partial charge in [-0.25, -0.2) is 0 Å². The summed E-state index contributed by atoms with van der Waals surface area (Å²) in [5.74, 6) is 0.586. The van der Waals surface area contributed by atoms with Gasteiger partial charge in [0.05, 0.1) is 19.3 Å². The molecule has 120 valence electrons. The number of nitrogens with zero attached hydrogens (tertiary/aromatic N) is 1. The van der Waals surface area contributed by atoms with Crippen molar-refractivity contribution in [2.45, 2.75) is 57.3 Å². The minimum atomic E-state index is -0.0410. The van der Waals surface area contributed by atoms with Crippen LogP contribution < -0.4 is 0 Å². The molecule has 0 N–H and O–H groups in total. The number of rotatable bonds is 4. The van der Waals surface area contributed by atoms with Crippen LogP contribution in [0.2, 0.25) is 0 Å². The fraction of sp³-hybridized carbons (Fsp3) is 0.938. The third-order valence-electron chi connectivity index (χ3n) is 4.92. The lowest BCUT2D eigenvalue weighted by atomic mass is 9.96. The summed E-state index contributed by atoms with van der Waals surface area (Å²) in [6, 6.07) is 0. The van der Waals surface area contributed by atoms with E-state index in [2.05, 4.69) is 0 Å². The van der Waals surface area contributed by atoms with Crippen LogP contribution in [-0.2, 0) is 19.0 Å². The van der Waals surface area contributed by atoms with Gasteiger partial charge in [0.2, 0.25) is 5.91 Å². The molecule has 2 saturated heterocycles. The largest absolute Gasteiger partial charge is 0.368 e. The van der Waals surface area contributed by atoms with Crippen LogP contribution in [0.5, 0.6) is 0 Å². The lowest BCUT2D eigenvalue weighted by Gasteiger charge is -2.34. The van der Waals surface area contributed by atoms with Crippen LogP contribution in [0.25, 0.3) is 0 Å². The Kier molecular flexibility index (Phi) is 5.49. The third-order valence-corrected chi connectivity index (χ3v) is 4.92. The van der Waals surface area contributed by atoms with Crippen LogP contribution in [0, 0.1) is 5.92 Å². The van der Waals surface area contributed by atoms with Gasteiger partial charge in [-0.3, -0.25) is 4.79 Å². The summed E-state index contributed by atoms with van der Waals surface area (Å²) in [5, 5.41) is 0. The van der Waals surface area contributed by atoms with E-state index in [-0.39, 0.29) is 18.8 Å². The van der Waals surface area contributed by atoms with Crippen molar-refractivity contribution in [2.24, 2.45) is 5.92 Å². The SMILES string of the molecule is O=C(COC1CCCCC1)N1CCC(C2OCCO2)CC1. The molecule has 2 aliphatic heterocycles. The quantitative estimate of drug-likeness (QED) is 0.796. The Bertz CT molecular complexity index is 329. The van der Waals surface area contributed by atoms with Crippen LogP contribution in [0.15, 0.2) is 0 Å². The van der Waals surface area contributed by atoms with Crippen molar-refractivity contribution >= 4 is 5.91 Å². The van der Waals surface area contributed by atoms with Crippen LogP contribution in [0.3, 0.4) is 0 Å². The highest BCUT2D eigenvalue weighted by Gasteiger charge is 2.31. The van der Waals surface area contributed by atoms with Crippen LogP contribution in [0.4, 0.5) is 0 Å². The second-order valence-electron chi connectivity index (χ2n) is 6.40. The summed E-state index contributed by atoms with van der Waals surface area (Å²) in [6.07, 6.45) is 8.24. The first-order chi connectivity index (χ1) is 10.3. The van der Waals surface area contributed by atoms with Crippen molar-refractivity contribution in [1.29, 1.82) is 0 Å². The van der Waals surface area contributed by atoms with Gasteiger partial charge in [0.1, 0.15) is 6.61 Å². The van der Waals surface area contributed by atoms with E-state index >= 15 is 0 Å². The molecule has 3 aliphatic rings. The van der Waals surface area contributed by atoms with Crippen molar-refractivity contribution in [3.63, 3.8) is 0 Å². The summed E-state index contributed by atoms with van der Waals surface area (Å²) in [7, 11) is 0. The average molecular weight is 297 g/mol. The minimum Gasteiger partial charge on any atom is -0.368 e. The summed E-state index contributed by atoms with van der Waals surface area (Å²) < 4.78 is 16.9. The fourth-order valence-corrected chi connectivity index (χ4v) is 3.58. The molecule has 0 unspecified atom stereocenters. The molecule has 5 nitrogen and oxygen atoms in total. The van der Waals surface area contributed by atoms with E-state index in [0.717, 1.165) is 38.8 Å². The van der Waals surface area contributed by atoms with Gasteiger partial charge in [0.15, 0.2) is 6.29 Å². The van der Waals surface area contributed by atoms with Gasteiger partial charge in [0.25, 0.3) is 0 Å². The molecule has 2 heterocycles. The van der Waals surface area contributed by atoms with Crippen molar-refractivity contribution < 1.29 is 19.0 Å². The molecule has 0 aromatic rings. The standard InChI is InChI=1S/C16H27NO4/c18-15(12-21-14-4-2-1-3-5-14)17-8-6-13(7-9-17)16-19-10-11-20-16/h13-14,16H,1-12H2. The summed E-state index contributed by atoms with van der Waals surface area (Å²) in [4.78, 5) is 14.1. The zero-order chi connectivity index (χ0) is 14.5. The topological polar surface area (TPSA) is 48.0 Å². The van der Waals surface area contributed by atoms with E-state index in [0.29, 0.717) is 25.2 Å². The van der Waals surface area contributed by atoms with E-state index in [1.807, 2.05) is 4.90 Å². The number of carbonyl (C=O) groups excluding carboxylic acids is 1. The molecule has 0 atom stereocenters. The molecule has 0 bridgehead atoms. The van der Waals surface area contributed by atoms with Crippen LogP contribution >= 0.6 is 0 Å². The second-order valence-corrected chi connectivity index (χ2v) is 6.40. The summed E-state index contributed by atoms with van der Waals surface area (Å²) in [5.41, 5.74) is 0. The summed E-state index contributed by atoms with van der Waals surface area (Å²) >= 11 is 0. The van der Waals surface area contributed by atoms with Gasteiger partial charge < -0.3 is 19.1 Å². The minimum absolute atomic E-state index is 0.0410. The molecule has 0 spiro atoms. The Labute approximate surface area is 126 Å². The first kappa shape index (κ1) is 15.3. The molecular weight excluding hydrogens is 270 g/mol. The first-order valence-corrected chi connectivity index (χ1v) is 8.45. The molecule has 3 rings (SSSR count). The van der Waals surface area contributed by atoms with E-state index in [4.69, 9.17) is 14.2 Å². The number of amides is 1. The van der Waals surface area contributed by atoms with Gasteiger partial charge in [-0.1, -0.05) is 19.3 Å². The zero-order valence-corrected chi connectivity index (χ0v) is 12.8. The Morgan fingerprint density at radius 3 is 2.33 bits per heavy atom. The molecule has 0 aromatic heterocycles. The number of hydrogen-bond donors (Lipinski definition) is 0. The highest BCUT2D eigenvalue weighted by atomic mass is 16.7. The number of carbonyl (C=O) groups is 1. The Morgan fingerprint density at radius 2 is 1.67 bits per heavy atom. The summed E-state index contributed by atoms with van der Waals surface area (Å²) in [6.45, 7) is 3.28. The van der Waals surface area contributed by atoms with E-state index in [1.54, 1.807) is 0 Å². The molecule has 3 fully saturated rings. The maximum Gasteiger partial charge on any atom is 0.248 e. The monoisotopic (exact) mass is 297 g/mol. The molecule has 0 aromatic carbocycles. The molecule has 5 heteroatoms. The normalized spacial score (nSPS) is 26.4. The molecular formula is C16H27NO4. The maximum absolute atomic E-state index is 12.2. The Morgan fingerprint density at radius 1 is 1.00 bits per heavy atom. The molecule has 1 amide bonds. The predicted molar refractivity (Wildman–Crippen MR) is 77.8 cm³/mol. The van der Waals surface area contributed by atoms with Gasteiger partial charge in [-0.05, 0) is 25.7 Å². The number of likely N-dealkylation sites (tertiary alicyclic amines) is 1. The number of hydrogen-bond acceptors (Lipinski definition) is 4. The predicted octanol–water partition coefficient (Wildman–Crippen LogP) is 1.95. The molecule has 0 radical (unpaired) electrons. The average Bonchev–Trinajstić information content (AvgIpc) is 3.08. The van der Waals surface area contributed by atoms with Gasteiger partial charge >= 0.3 is 0 Å². The van der Waals surface area contributed by atoms with Gasteiger partial charge in [-0.2, -0.15) is 0 Å². The zero-order valence-electron chi connectivity index (χ0n) is 12.8.